The standard InChI is InChI=1S/C16H22N4O2S2/c17-20-15(21)13-11-3-1-2-4-12(11)24-14(13)18-16(20)23-10-7-19-5-8-22-9-6-19/h1-10,17H2. The molecule has 3 heterocycles. The molecule has 0 atom stereocenters. The molecule has 24 heavy (non-hydrogen) atoms. The maximum atomic E-state index is 12.7. The Morgan fingerprint density at radius 2 is 2.04 bits per heavy atom. The van der Waals surface area contributed by atoms with Crippen LogP contribution in [-0.2, 0) is 17.6 Å². The predicted molar refractivity (Wildman–Crippen MR) is 98.7 cm³/mol. The Balaban J connectivity index is 1.55. The van der Waals surface area contributed by atoms with E-state index in [1.54, 1.807) is 23.1 Å². The number of nitrogens with two attached hydrogens (primary N) is 1. The van der Waals surface area contributed by atoms with E-state index in [-0.39, 0.29) is 5.56 Å². The first-order chi connectivity index (χ1) is 11.7. The lowest BCUT2D eigenvalue weighted by molar-refractivity contribution is 0.0410. The molecule has 6 nitrogen and oxygen atoms in total. The monoisotopic (exact) mass is 366 g/mol. The van der Waals surface area contributed by atoms with Crippen LogP contribution in [0.15, 0.2) is 9.95 Å². The largest absolute Gasteiger partial charge is 0.379 e. The van der Waals surface area contributed by atoms with Crippen LogP contribution in [0.3, 0.4) is 0 Å². The summed E-state index contributed by atoms with van der Waals surface area (Å²) in [7, 11) is 0. The molecule has 0 bridgehead atoms. The first-order valence-corrected chi connectivity index (χ1v) is 10.3. The van der Waals surface area contributed by atoms with Crippen LogP contribution in [0, 0.1) is 0 Å². The van der Waals surface area contributed by atoms with Gasteiger partial charge in [-0.1, -0.05) is 11.8 Å². The third-order valence-electron chi connectivity index (χ3n) is 4.73. The van der Waals surface area contributed by atoms with Crippen molar-refractivity contribution in [3.8, 4) is 0 Å². The lowest BCUT2D eigenvalue weighted by Crippen LogP contribution is -2.37. The molecule has 1 aliphatic carbocycles. The summed E-state index contributed by atoms with van der Waals surface area (Å²) in [4.78, 5) is 22.0. The topological polar surface area (TPSA) is 73.4 Å². The molecular weight excluding hydrogens is 344 g/mol. The van der Waals surface area contributed by atoms with Gasteiger partial charge in [0.2, 0.25) is 0 Å². The molecule has 0 radical (unpaired) electrons. The van der Waals surface area contributed by atoms with E-state index in [9.17, 15) is 4.79 Å². The van der Waals surface area contributed by atoms with E-state index >= 15 is 0 Å². The summed E-state index contributed by atoms with van der Waals surface area (Å²) < 4.78 is 6.61. The van der Waals surface area contributed by atoms with Gasteiger partial charge in [-0.15, -0.1) is 11.3 Å². The Hall–Kier alpha value is -1.09. The van der Waals surface area contributed by atoms with Crippen molar-refractivity contribution in [3.63, 3.8) is 0 Å². The van der Waals surface area contributed by atoms with Gasteiger partial charge < -0.3 is 10.6 Å². The van der Waals surface area contributed by atoms with Crippen LogP contribution >= 0.6 is 23.1 Å². The number of thiophene rings is 1. The van der Waals surface area contributed by atoms with Crippen LogP contribution in [0.4, 0.5) is 0 Å². The van der Waals surface area contributed by atoms with Crippen LogP contribution in [0.1, 0.15) is 23.3 Å². The zero-order chi connectivity index (χ0) is 16.5. The number of nitrogens with zero attached hydrogens (tertiary/aromatic N) is 3. The summed E-state index contributed by atoms with van der Waals surface area (Å²) in [5, 5.41) is 1.38. The number of rotatable bonds is 4. The van der Waals surface area contributed by atoms with Crippen LogP contribution < -0.4 is 11.4 Å². The average molecular weight is 367 g/mol. The molecule has 0 spiro atoms. The molecular formula is C16H22N4O2S2. The van der Waals surface area contributed by atoms with E-state index in [1.165, 1.54) is 21.5 Å². The van der Waals surface area contributed by atoms with Gasteiger partial charge in [0.1, 0.15) is 4.83 Å². The van der Waals surface area contributed by atoms with Gasteiger partial charge in [0.15, 0.2) is 5.16 Å². The molecule has 2 N–H and O–H groups in total. The van der Waals surface area contributed by atoms with Gasteiger partial charge in [0.05, 0.1) is 18.6 Å². The Bertz CT molecular complexity index is 795. The Labute approximate surface area is 149 Å². The van der Waals surface area contributed by atoms with Gasteiger partial charge in [-0.25, -0.2) is 9.66 Å². The number of aryl methyl sites for hydroxylation is 2. The molecule has 0 aromatic carbocycles. The number of hydrogen-bond acceptors (Lipinski definition) is 7. The van der Waals surface area contributed by atoms with Crippen molar-refractivity contribution in [2.24, 2.45) is 0 Å². The van der Waals surface area contributed by atoms with Gasteiger partial charge in [-0.05, 0) is 31.2 Å². The average Bonchev–Trinajstić information content (AvgIpc) is 2.98. The normalized spacial score (nSPS) is 18.8. The van der Waals surface area contributed by atoms with Crippen molar-refractivity contribution in [3.05, 3.63) is 20.8 Å². The van der Waals surface area contributed by atoms with Crippen molar-refractivity contribution in [1.82, 2.24) is 14.6 Å². The number of ether oxygens (including phenoxy) is 1. The molecule has 1 aliphatic heterocycles. The molecule has 1 fully saturated rings. The fourth-order valence-corrected chi connectivity index (χ4v) is 5.61. The maximum absolute atomic E-state index is 12.7. The second kappa shape index (κ2) is 7.03. The van der Waals surface area contributed by atoms with Crippen molar-refractivity contribution < 1.29 is 4.74 Å². The van der Waals surface area contributed by atoms with Crippen molar-refractivity contribution in [2.75, 3.05) is 44.4 Å². The minimum absolute atomic E-state index is 0.0896. The molecule has 130 valence electrons. The zero-order valence-electron chi connectivity index (χ0n) is 13.6. The summed E-state index contributed by atoms with van der Waals surface area (Å²) in [6.07, 6.45) is 4.41. The highest BCUT2D eigenvalue weighted by atomic mass is 32.2. The minimum atomic E-state index is -0.0896. The summed E-state index contributed by atoms with van der Waals surface area (Å²) >= 11 is 3.24. The fourth-order valence-electron chi connectivity index (χ4n) is 3.39. The molecule has 8 heteroatoms. The Morgan fingerprint density at radius 1 is 1.25 bits per heavy atom. The Kier molecular flexibility index (Phi) is 4.80. The summed E-state index contributed by atoms with van der Waals surface area (Å²) in [5.74, 6) is 6.93. The molecule has 0 unspecified atom stereocenters. The number of nitrogen functional groups attached to an aromatic ring is 1. The lowest BCUT2D eigenvalue weighted by Gasteiger charge is -2.26. The van der Waals surface area contributed by atoms with Crippen LogP contribution in [0.25, 0.3) is 10.2 Å². The SMILES string of the molecule is Nn1c(SCCN2CCOCC2)nc2sc3c(c2c1=O)CCCC3. The van der Waals surface area contributed by atoms with E-state index in [0.29, 0.717) is 5.16 Å². The van der Waals surface area contributed by atoms with E-state index in [4.69, 9.17) is 15.6 Å². The van der Waals surface area contributed by atoms with Gasteiger partial charge in [-0.2, -0.15) is 0 Å². The number of morpholine rings is 1. The number of fused-ring (bicyclic) bond motifs is 3. The molecule has 2 aromatic rings. The number of thioether (sulfide) groups is 1. The molecule has 2 aromatic heterocycles. The molecule has 2 aliphatic rings. The fraction of sp³-hybridized carbons (Fsp3) is 0.625. The third kappa shape index (κ3) is 3.08. The first kappa shape index (κ1) is 16.4. The maximum Gasteiger partial charge on any atom is 0.281 e. The minimum Gasteiger partial charge on any atom is -0.379 e. The van der Waals surface area contributed by atoms with Crippen LogP contribution in [0.5, 0.6) is 0 Å². The smallest absolute Gasteiger partial charge is 0.281 e. The van der Waals surface area contributed by atoms with Crippen molar-refractivity contribution in [2.45, 2.75) is 30.8 Å². The highest BCUT2D eigenvalue weighted by Crippen LogP contribution is 2.34. The lowest BCUT2D eigenvalue weighted by atomic mass is 9.97. The molecule has 4 rings (SSSR count). The Morgan fingerprint density at radius 3 is 2.88 bits per heavy atom. The molecule has 0 amide bonds. The summed E-state index contributed by atoms with van der Waals surface area (Å²) in [6, 6.07) is 0. The van der Waals surface area contributed by atoms with E-state index in [2.05, 4.69) is 4.90 Å². The van der Waals surface area contributed by atoms with E-state index < -0.39 is 0 Å². The van der Waals surface area contributed by atoms with Gasteiger partial charge in [0, 0.05) is 30.3 Å². The van der Waals surface area contributed by atoms with Crippen LogP contribution in [0.2, 0.25) is 0 Å². The van der Waals surface area contributed by atoms with Gasteiger partial charge >= 0.3 is 0 Å². The molecule has 1 saturated heterocycles. The quantitative estimate of drug-likeness (QED) is 0.502. The van der Waals surface area contributed by atoms with Gasteiger partial charge in [-0.3, -0.25) is 9.69 Å². The summed E-state index contributed by atoms with van der Waals surface area (Å²) in [5.41, 5.74) is 1.11. The highest BCUT2D eigenvalue weighted by molar-refractivity contribution is 7.99. The highest BCUT2D eigenvalue weighted by Gasteiger charge is 2.21. The number of aromatic nitrogens is 2. The second-order valence-corrected chi connectivity index (χ2v) is 8.41. The van der Waals surface area contributed by atoms with Gasteiger partial charge in [0.25, 0.3) is 5.56 Å². The second-order valence-electron chi connectivity index (χ2n) is 6.26. The number of hydrogen-bond donors (Lipinski definition) is 1. The third-order valence-corrected chi connectivity index (χ3v) is 6.85. The van der Waals surface area contributed by atoms with Crippen molar-refractivity contribution >= 4 is 33.3 Å². The van der Waals surface area contributed by atoms with Crippen molar-refractivity contribution in [1.29, 1.82) is 0 Å². The van der Waals surface area contributed by atoms with E-state index in [1.807, 2.05) is 0 Å². The molecule has 0 saturated carbocycles. The van der Waals surface area contributed by atoms with Crippen LogP contribution in [-0.4, -0.2) is 53.2 Å². The zero-order valence-corrected chi connectivity index (χ0v) is 15.3. The summed E-state index contributed by atoms with van der Waals surface area (Å²) in [6.45, 7) is 4.51. The first-order valence-electron chi connectivity index (χ1n) is 8.49. The predicted octanol–water partition coefficient (Wildman–Crippen LogP) is 1.47. The van der Waals surface area contributed by atoms with E-state index in [0.717, 1.165) is 68.1 Å².